The quantitative estimate of drug-likeness (QED) is 0.562. The minimum absolute atomic E-state index is 0.479. The second-order valence-corrected chi connectivity index (χ2v) is 6.09. The molecule has 1 heterocycles. The van der Waals surface area contributed by atoms with Crippen LogP contribution < -0.4 is 4.74 Å². The summed E-state index contributed by atoms with van der Waals surface area (Å²) in [7, 11) is 1.66. The lowest BCUT2D eigenvalue weighted by atomic mass is 10.1. The number of ether oxygens (including phenoxy) is 3. The fourth-order valence-electron chi connectivity index (χ4n) is 2.82. The lowest BCUT2D eigenvalue weighted by molar-refractivity contribution is 0.0548. The van der Waals surface area contributed by atoms with E-state index in [1.807, 2.05) is 6.07 Å². The summed E-state index contributed by atoms with van der Waals surface area (Å²) in [6, 6.07) is 10.5. The third kappa shape index (κ3) is 3.40. The van der Waals surface area contributed by atoms with Crippen LogP contribution >= 0.6 is 0 Å². The Morgan fingerprint density at radius 3 is 2.42 bits per heavy atom. The molecule has 24 heavy (non-hydrogen) atoms. The average molecular weight is 328 g/mol. The van der Waals surface area contributed by atoms with Gasteiger partial charge in [0.2, 0.25) is 0 Å². The number of fused-ring (bicyclic) bond motifs is 3. The van der Waals surface area contributed by atoms with E-state index in [9.17, 15) is 0 Å². The summed E-state index contributed by atoms with van der Waals surface area (Å²) in [5, 5.41) is 1.01. The molecule has 0 atom stereocenters. The summed E-state index contributed by atoms with van der Waals surface area (Å²) in [4.78, 5) is 0. The summed E-state index contributed by atoms with van der Waals surface area (Å²) in [5.41, 5.74) is 4.33. The van der Waals surface area contributed by atoms with Crippen LogP contribution in [0.4, 0.5) is 0 Å². The molecule has 0 N–H and O–H groups in total. The van der Waals surface area contributed by atoms with Crippen molar-refractivity contribution in [2.75, 3.05) is 33.5 Å². The molecule has 0 fully saturated rings. The molecule has 0 spiro atoms. The maximum atomic E-state index is 6.03. The maximum absolute atomic E-state index is 6.03. The van der Waals surface area contributed by atoms with Gasteiger partial charge in [-0.3, -0.25) is 0 Å². The molecule has 4 heteroatoms. The summed E-state index contributed by atoms with van der Waals surface area (Å²) in [6.45, 7) is 6.59. The summed E-state index contributed by atoms with van der Waals surface area (Å²) < 4.78 is 22.1. The first kappa shape index (κ1) is 16.8. The SMILES string of the molecule is COCCOCCOc1c2ccc(C(C)C)ccc-2c2occc12. The fraction of sp³-hybridized carbons (Fsp3) is 0.400. The molecule has 0 saturated carbocycles. The zero-order valence-electron chi connectivity index (χ0n) is 14.5. The fourth-order valence-corrected chi connectivity index (χ4v) is 2.82. The van der Waals surface area contributed by atoms with E-state index in [-0.39, 0.29) is 0 Å². The Labute approximate surface area is 142 Å². The van der Waals surface area contributed by atoms with Crippen molar-refractivity contribution >= 4 is 11.0 Å². The molecule has 0 radical (unpaired) electrons. The van der Waals surface area contributed by atoms with Gasteiger partial charge in [-0.2, -0.15) is 0 Å². The van der Waals surface area contributed by atoms with Crippen molar-refractivity contribution in [2.24, 2.45) is 0 Å². The molecule has 128 valence electrons. The number of methoxy groups -OCH3 is 1. The first-order valence-corrected chi connectivity index (χ1v) is 8.34. The average Bonchev–Trinajstić information content (AvgIpc) is 3.05. The van der Waals surface area contributed by atoms with Crippen LogP contribution in [0.3, 0.4) is 0 Å². The zero-order chi connectivity index (χ0) is 16.9. The smallest absolute Gasteiger partial charge is 0.145 e. The van der Waals surface area contributed by atoms with E-state index >= 15 is 0 Å². The van der Waals surface area contributed by atoms with Gasteiger partial charge in [0, 0.05) is 18.2 Å². The normalized spacial score (nSPS) is 11.7. The van der Waals surface area contributed by atoms with E-state index < -0.39 is 0 Å². The second kappa shape index (κ2) is 7.69. The molecular weight excluding hydrogens is 304 g/mol. The summed E-state index contributed by atoms with van der Waals surface area (Å²) in [5.74, 6) is 1.35. The first-order valence-electron chi connectivity index (χ1n) is 8.34. The van der Waals surface area contributed by atoms with Crippen molar-refractivity contribution in [1.29, 1.82) is 0 Å². The van der Waals surface area contributed by atoms with Gasteiger partial charge < -0.3 is 18.6 Å². The summed E-state index contributed by atoms with van der Waals surface area (Å²) in [6.07, 6.45) is 1.71. The Bertz CT molecular complexity index is 760. The van der Waals surface area contributed by atoms with Crippen LogP contribution in [-0.4, -0.2) is 33.5 Å². The number of hydrogen-bond acceptors (Lipinski definition) is 4. The number of furan rings is 1. The Balaban J connectivity index is 1.84. The topological polar surface area (TPSA) is 40.8 Å². The highest BCUT2D eigenvalue weighted by molar-refractivity contribution is 6.05. The van der Waals surface area contributed by atoms with Crippen molar-refractivity contribution in [3.05, 3.63) is 42.2 Å². The van der Waals surface area contributed by atoms with E-state index in [1.54, 1.807) is 13.4 Å². The molecule has 0 aliphatic heterocycles. The van der Waals surface area contributed by atoms with Gasteiger partial charge >= 0.3 is 0 Å². The highest BCUT2D eigenvalue weighted by atomic mass is 16.5. The highest BCUT2D eigenvalue weighted by Gasteiger charge is 2.20. The van der Waals surface area contributed by atoms with Crippen molar-refractivity contribution < 1.29 is 18.6 Å². The molecule has 0 unspecified atom stereocenters. The van der Waals surface area contributed by atoms with Crippen LogP contribution in [-0.2, 0) is 9.47 Å². The predicted octanol–water partition coefficient (Wildman–Crippen LogP) is 4.70. The van der Waals surface area contributed by atoms with Gasteiger partial charge in [0.25, 0.3) is 0 Å². The molecule has 1 aromatic heterocycles. The molecule has 0 saturated heterocycles. The lowest BCUT2D eigenvalue weighted by Gasteiger charge is -2.07. The van der Waals surface area contributed by atoms with Gasteiger partial charge in [0.15, 0.2) is 0 Å². The van der Waals surface area contributed by atoms with Crippen LogP contribution in [0, 0.1) is 0 Å². The van der Waals surface area contributed by atoms with Gasteiger partial charge in [-0.15, -0.1) is 0 Å². The van der Waals surface area contributed by atoms with Crippen molar-refractivity contribution in [3.63, 3.8) is 0 Å². The van der Waals surface area contributed by atoms with Gasteiger partial charge in [-0.25, -0.2) is 0 Å². The third-order valence-corrected chi connectivity index (χ3v) is 4.15. The predicted molar refractivity (Wildman–Crippen MR) is 95.1 cm³/mol. The summed E-state index contributed by atoms with van der Waals surface area (Å²) >= 11 is 0. The molecule has 3 rings (SSSR count). The van der Waals surface area contributed by atoms with E-state index in [1.165, 1.54) is 5.56 Å². The minimum Gasteiger partial charge on any atom is -0.490 e. The van der Waals surface area contributed by atoms with E-state index in [2.05, 4.69) is 38.1 Å². The third-order valence-electron chi connectivity index (χ3n) is 4.15. The monoisotopic (exact) mass is 328 g/mol. The molecule has 0 aromatic carbocycles. The Kier molecular flexibility index (Phi) is 5.38. The first-order chi connectivity index (χ1) is 11.7. The maximum Gasteiger partial charge on any atom is 0.145 e. The molecule has 1 aromatic rings. The van der Waals surface area contributed by atoms with Crippen LogP contribution in [0.15, 0.2) is 41.0 Å². The molecule has 0 bridgehead atoms. The van der Waals surface area contributed by atoms with Gasteiger partial charge in [-0.05, 0) is 17.5 Å². The van der Waals surface area contributed by atoms with Gasteiger partial charge in [-0.1, -0.05) is 38.1 Å². The van der Waals surface area contributed by atoms with Crippen LogP contribution in [0.5, 0.6) is 5.75 Å². The molecule has 2 aliphatic carbocycles. The van der Waals surface area contributed by atoms with E-state index in [0.717, 1.165) is 27.8 Å². The van der Waals surface area contributed by atoms with E-state index in [4.69, 9.17) is 18.6 Å². The second-order valence-electron chi connectivity index (χ2n) is 6.09. The Morgan fingerprint density at radius 2 is 1.67 bits per heavy atom. The highest BCUT2D eigenvalue weighted by Crippen LogP contribution is 2.45. The minimum atomic E-state index is 0.479. The molecule has 0 amide bonds. The molecule has 2 aliphatic rings. The number of hydrogen-bond donors (Lipinski definition) is 0. The largest absolute Gasteiger partial charge is 0.490 e. The standard InChI is InChI=1S/C20H24O4/c1-14(2)15-4-6-16-17(7-5-15)20(18-8-9-23-19(16)18)24-13-12-22-11-10-21-3/h4-9,14H,10-13H2,1-3H3. The molecule has 4 nitrogen and oxygen atoms in total. The molecular formula is C20H24O4. The van der Waals surface area contributed by atoms with Crippen LogP contribution in [0.2, 0.25) is 0 Å². The zero-order valence-corrected chi connectivity index (χ0v) is 14.5. The van der Waals surface area contributed by atoms with Gasteiger partial charge in [0.05, 0.1) is 31.5 Å². The van der Waals surface area contributed by atoms with Crippen molar-refractivity contribution in [3.8, 4) is 16.9 Å². The van der Waals surface area contributed by atoms with Crippen LogP contribution in [0.1, 0.15) is 25.3 Å². The van der Waals surface area contributed by atoms with Crippen LogP contribution in [0.25, 0.3) is 22.1 Å². The van der Waals surface area contributed by atoms with Crippen molar-refractivity contribution in [1.82, 2.24) is 0 Å². The van der Waals surface area contributed by atoms with Crippen molar-refractivity contribution in [2.45, 2.75) is 19.8 Å². The van der Waals surface area contributed by atoms with E-state index in [0.29, 0.717) is 32.3 Å². The Hall–Kier alpha value is -2.04. The lowest BCUT2D eigenvalue weighted by Crippen LogP contribution is -2.10. The Morgan fingerprint density at radius 1 is 0.917 bits per heavy atom. The van der Waals surface area contributed by atoms with Gasteiger partial charge in [0.1, 0.15) is 17.9 Å². The number of rotatable bonds is 8.